The summed E-state index contributed by atoms with van der Waals surface area (Å²) in [5.41, 5.74) is -0.518. The monoisotopic (exact) mass is 361 g/mol. The molecule has 10 heteroatoms. The van der Waals surface area contributed by atoms with E-state index in [0.29, 0.717) is 17.0 Å². The highest BCUT2D eigenvalue weighted by atomic mass is 19.4. The number of hydrogen-bond acceptors (Lipinski definition) is 6. The van der Waals surface area contributed by atoms with E-state index in [0.717, 1.165) is 32.2 Å². The molecule has 0 atom stereocenters. The van der Waals surface area contributed by atoms with Gasteiger partial charge in [-0.3, -0.25) is 4.40 Å². The zero-order chi connectivity index (χ0) is 18.5. The third-order valence-electron chi connectivity index (χ3n) is 4.58. The van der Waals surface area contributed by atoms with Crippen LogP contribution in [0.25, 0.3) is 16.7 Å². The van der Waals surface area contributed by atoms with Crippen LogP contribution in [-0.2, 0) is 6.18 Å². The van der Waals surface area contributed by atoms with Crippen LogP contribution in [0.5, 0.6) is 0 Å². The van der Waals surface area contributed by atoms with E-state index in [1.807, 2.05) is 11.9 Å². The Hall–Kier alpha value is -2.93. The number of anilines is 1. The number of halogens is 3. The third kappa shape index (κ3) is 2.61. The molecule has 0 amide bonds. The van der Waals surface area contributed by atoms with Gasteiger partial charge < -0.3 is 9.80 Å². The Kier molecular flexibility index (Phi) is 3.69. The van der Waals surface area contributed by atoms with Crippen LogP contribution < -0.4 is 4.90 Å². The number of piperazine rings is 1. The average molecular weight is 361 g/mol. The van der Waals surface area contributed by atoms with Crippen LogP contribution in [0.2, 0.25) is 0 Å². The molecule has 3 heterocycles. The molecule has 7 nitrogen and oxygen atoms in total. The smallest absolute Gasteiger partial charge is 0.351 e. The van der Waals surface area contributed by atoms with Gasteiger partial charge in [-0.15, -0.1) is 10.2 Å². The van der Waals surface area contributed by atoms with Gasteiger partial charge in [-0.2, -0.15) is 18.4 Å². The summed E-state index contributed by atoms with van der Waals surface area (Å²) in [6, 6.07) is 3.73. The molecule has 1 aliphatic heterocycles. The fourth-order valence-electron chi connectivity index (χ4n) is 3.14. The Bertz CT molecular complexity index is 1030. The second-order valence-electron chi connectivity index (χ2n) is 6.25. The predicted molar refractivity (Wildman–Crippen MR) is 87.7 cm³/mol. The van der Waals surface area contributed by atoms with E-state index in [2.05, 4.69) is 20.1 Å². The number of fused-ring (bicyclic) bond motifs is 3. The predicted octanol–water partition coefficient (Wildman–Crippen LogP) is 1.92. The highest BCUT2D eigenvalue weighted by Gasteiger charge is 2.34. The minimum atomic E-state index is -4.63. The van der Waals surface area contributed by atoms with Crippen LogP contribution in [0.4, 0.5) is 19.0 Å². The van der Waals surface area contributed by atoms with Crippen LogP contribution in [0.15, 0.2) is 18.5 Å². The van der Waals surface area contributed by atoms with Crippen molar-refractivity contribution < 1.29 is 13.2 Å². The van der Waals surface area contributed by atoms with Gasteiger partial charge in [-0.25, -0.2) is 4.98 Å². The van der Waals surface area contributed by atoms with Crippen LogP contribution in [-0.4, -0.2) is 57.7 Å². The molecule has 4 rings (SSSR count). The molecule has 134 valence electrons. The molecule has 1 aromatic carbocycles. The highest BCUT2D eigenvalue weighted by Crippen LogP contribution is 2.35. The van der Waals surface area contributed by atoms with Gasteiger partial charge in [0.1, 0.15) is 6.33 Å². The molecule has 0 spiro atoms. The molecule has 1 saturated heterocycles. The topological polar surface area (TPSA) is 73.3 Å². The first-order chi connectivity index (χ1) is 12.4. The van der Waals surface area contributed by atoms with Crippen LogP contribution >= 0.6 is 0 Å². The lowest BCUT2D eigenvalue weighted by molar-refractivity contribution is -0.137. The number of nitrogens with zero attached hydrogens (tertiary/aromatic N) is 7. The van der Waals surface area contributed by atoms with E-state index in [4.69, 9.17) is 5.26 Å². The lowest BCUT2D eigenvalue weighted by Crippen LogP contribution is -2.45. The van der Waals surface area contributed by atoms with E-state index in [9.17, 15) is 13.2 Å². The summed E-state index contributed by atoms with van der Waals surface area (Å²) in [7, 11) is 2.02. The molecule has 3 aromatic rings. The molecule has 0 saturated carbocycles. The summed E-state index contributed by atoms with van der Waals surface area (Å²) in [6.07, 6.45) is -3.26. The van der Waals surface area contributed by atoms with Crippen molar-refractivity contribution in [3.05, 3.63) is 29.6 Å². The van der Waals surface area contributed by atoms with Gasteiger partial charge in [0.15, 0.2) is 5.82 Å². The maximum absolute atomic E-state index is 13.3. The van der Waals surface area contributed by atoms with Gasteiger partial charge in [0.05, 0.1) is 28.2 Å². The number of benzene rings is 1. The van der Waals surface area contributed by atoms with Crippen molar-refractivity contribution in [2.45, 2.75) is 6.18 Å². The van der Waals surface area contributed by atoms with E-state index >= 15 is 0 Å². The Morgan fingerprint density at radius 3 is 2.54 bits per heavy atom. The van der Waals surface area contributed by atoms with Gasteiger partial charge in [0.25, 0.3) is 0 Å². The molecule has 1 aliphatic rings. The maximum atomic E-state index is 13.3. The van der Waals surface area contributed by atoms with Gasteiger partial charge in [0, 0.05) is 26.2 Å². The first kappa shape index (κ1) is 16.5. The number of alkyl halides is 3. The Morgan fingerprint density at radius 1 is 1.15 bits per heavy atom. The van der Waals surface area contributed by atoms with Crippen molar-refractivity contribution in [3.63, 3.8) is 0 Å². The zero-order valence-electron chi connectivity index (χ0n) is 13.8. The standard InChI is InChI=1S/C16H14F3N7/c1-24-2-4-25(5-3-24)14-15-23-21-9-26(15)13-7-11(16(17,18)19)10(8-20)6-12(13)22-14/h6-7,9H,2-5H2,1H3. The average Bonchev–Trinajstić information content (AvgIpc) is 3.09. The largest absolute Gasteiger partial charge is 0.417 e. The minimum absolute atomic E-state index is 0.217. The number of likely N-dealkylation sites (N-methyl/N-ethyl adjacent to an activating group) is 1. The molecule has 26 heavy (non-hydrogen) atoms. The first-order valence-electron chi connectivity index (χ1n) is 7.97. The van der Waals surface area contributed by atoms with Crippen molar-refractivity contribution in [3.8, 4) is 6.07 Å². The second kappa shape index (κ2) is 5.81. The first-order valence-corrected chi connectivity index (χ1v) is 7.97. The Balaban J connectivity index is 1.96. The van der Waals surface area contributed by atoms with Crippen molar-refractivity contribution in [1.82, 2.24) is 24.5 Å². The van der Waals surface area contributed by atoms with Gasteiger partial charge >= 0.3 is 6.18 Å². The fraction of sp³-hybridized carbons (Fsp3) is 0.375. The molecule has 0 radical (unpaired) electrons. The molecule has 0 bridgehead atoms. The van der Waals surface area contributed by atoms with E-state index < -0.39 is 17.3 Å². The van der Waals surface area contributed by atoms with Crippen molar-refractivity contribution in [2.24, 2.45) is 0 Å². The number of nitriles is 1. The molecular formula is C16H14F3N7. The SMILES string of the molecule is CN1CCN(c2nc3cc(C#N)c(C(F)(F)F)cc3n3cnnc23)CC1. The summed E-state index contributed by atoms with van der Waals surface area (Å²) < 4.78 is 41.3. The van der Waals surface area contributed by atoms with E-state index in [1.165, 1.54) is 16.8 Å². The lowest BCUT2D eigenvalue weighted by Gasteiger charge is -2.33. The zero-order valence-corrected chi connectivity index (χ0v) is 13.8. The highest BCUT2D eigenvalue weighted by molar-refractivity contribution is 5.85. The maximum Gasteiger partial charge on any atom is 0.417 e. The third-order valence-corrected chi connectivity index (χ3v) is 4.58. The van der Waals surface area contributed by atoms with Crippen molar-refractivity contribution in [1.29, 1.82) is 5.26 Å². The normalized spacial score (nSPS) is 16.3. The number of aromatic nitrogens is 4. The van der Waals surface area contributed by atoms with E-state index in [-0.39, 0.29) is 5.52 Å². The fourth-order valence-corrected chi connectivity index (χ4v) is 3.14. The van der Waals surface area contributed by atoms with Crippen LogP contribution in [0.1, 0.15) is 11.1 Å². The van der Waals surface area contributed by atoms with Gasteiger partial charge in [-0.05, 0) is 19.2 Å². The molecule has 0 aliphatic carbocycles. The molecule has 2 aromatic heterocycles. The quantitative estimate of drug-likeness (QED) is 0.659. The summed E-state index contributed by atoms with van der Waals surface area (Å²) in [4.78, 5) is 8.74. The summed E-state index contributed by atoms with van der Waals surface area (Å²) >= 11 is 0. The van der Waals surface area contributed by atoms with Crippen LogP contribution in [0.3, 0.4) is 0 Å². The van der Waals surface area contributed by atoms with Crippen LogP contribution in [0, 0.1) is 11.3 Å². The summed E-state index contributed by atoms with van der Waals surface area (Å²) in [5, 5.41) is 17.0. The molecule has 0 unspecified atom stereocenters. The lowest BCUT2D eigenvalue weighted by atomic mass is 10.1. The van der Waals surface area contributed by atoms with Gasteiger partial charge in [0.2, 0.25) is 5.65 Å². The number of hydrogen-bond donors (Lipinski definition) is 0. The summed E-state index contributed by atoms with van der Waals surface area (Å²) in [6.45, 7) is 3.14. The Labute approximate surface area is 146 Å². The second-order valence-corrected chi connectivity index (χ2v) is 6.25. The molecule has 1 fully saturated rings. The van der Waals surface area contributed by atoms with Crippen molar-refractivity contribution >= 4 is 22.5 Å². The van der Waals surface area contributed by atoms with Gasteiger partial charge in [-0.1, -0.05) is 0 Å². The molecule has 0 N–H and O–H groups in total. The summed E-state index contributed by atoms with van der Waals surface area (Å²) in [5.74, 6) is 0.562. The van der Waals surface area contributed by atoms with Crippen molar-refractivity contribution in [2.75, 3.05) is 38.1 Å². The minimum Gasteiger partial charge on any atom is -0.351 e. The molecular weight excluding hydrogens is 347 g/mol. The van der Waals surface area contributed by atoms with E-state index in [1.54, 1.807) is 6.07 Å². The number of rotatable bonds is 1. The Morgan fingerprint density at radius 2 is 1.88 bits per heavy atom.